The number of nitrogens with zero attached hydrogens (tertiary/aromatic N) is 2. The zero-order valence-electron chi connectivity index (χ0n) is 32.2. The number of hydrogen-bond acceptors (Lipinski definition) is 9. The van der Waals surface area contributed by atoms with Gasteiger partial charge < -0.3 is 25.0 Å². The maximum atomic E-state index is 14.8. The number of hydrogen-bond donors (Lipinski definition) is 3. The van der Waals surface area contributed by atoms with Crippen LogP contribution in [0.3, 0.4) is 0 Å². The van der Waals surface area contributed by atoms with Crippen molar-refractivity contribution < 1.29 is 41.5 Å². The van der Waals surface area contributed by atoms with Crippen molar-refractivity contribution in [2.24, 2.45) is 5.92 Å². The number of alkyl carbamates (subject to hydrolysis) is 1. The maximum absolute atomic E-state index is 14.8. The fourth-order valence-electron chi connectivity index (χ4n) is 9.37. The molecule has 3 aliphatic carbocycles. The molecule has 6 aliphatic rings. The van der Waals surface area contributed by atoms with Crippen LogP contribution in [-0.2, 0) is 35.6 Å². The summed E-state index contributed by atoms with van der Waals surface area (Å²) in [7, 11) is -4.01. The fourth-order valence-corrected chi connectivity index (χ4v) is 10.7. The number of carbonyl (C=O) groups is 4. The molecule has 5 unspecified atom stereocenters. The number of ether oxygens (including phenoxy) is 2. The van der Waals surface area contributed by atoms with Gasteiger partial charge in [-0.3, -0.25) is 19.1 Å². The van der Waals surface area contributed by atoms with E-state index in [4.69, 9.17) is 9.47 Å². The van der Waals surface area contributed by atoms with Gasteiger partial charge in [-0.1, -0.05) is 25.0 Å². The van der Waals surface area contributed by atoms with Crippen LogP contribution in [0.2, 0.25) is 0 Å². The van der Waals surface area contributed by atoms with Crippen molar-refractivity contribution in [2.45, 2.75) is 151 Å². The highest BCUT2D eigenvalue weighted by molar-refractivity contribution is 7.91. The van der Waals surface area contributed by atoms with Crippen molar-refractivity contribution in [1.82, 2.24) is 25.2 Å². The van der Waals surface area contributed by atoms with E-state index in [0.29, 0.717) is 73.7 Å². The Hall–Kier alpha value is -4.27. The number of nitrogens with one attached hydrogen (secondary N) is 3. The second kappa shape index (κ2) is 14.6. The van der Waals surface area contributed by atoms with Gasteiger partial charge in [0, 0.05) is 23.3 Å². The van der Waals surface area contributed by atoms with Crippen molar-refractivity contribution >= 4 is 44.7 Å². The molecule has 1 aromatic carbocycles. The van der Waals surface area contributed by atoms with Gasteiger partial charge in [0.25, 0.3) is 5.91 Å². The van der Waals surface area contributed by atoms with Crippen molar-refractivity contribution in [3.63, 3.8) is 0 Å². The van der Waals surface area contributed by atoms with Crippen molar-refractivity contribution in [2.75, 3.05) is 6.54 Å². The highest BCUT2D eigenvalue weighted by atomic mass is 32.2. The molecule has 3 saturated carbocycles. The molecule has 56 heavy (non-hydrogen) atoms. The highest BCUT2D eigenvalue weighted by Gasteiger charge is 2.59. The minimum Gasteiger partial charge on any atom is -0.483 e. The zero-order chi connectivity index (χ0) is 39.5. The third-order valence-electron chi connectivity index (χ3n) is 13.3. The van der Waals surface area contributed by atoms with Gasteiger partial charge in [-0.05, 0) is 116 Å². The summed E-state index contributed by atoms with van der Waals surface area (Å²) in [5, 5.41) is 6.47. The van der Waals surface area contributed by atoms with E-state index in [0.717, 1.165) is 44.1 Å². The molecule has 0 radical (unpaired) electrons. The molecule has 1 aromatic heterocycles. The van der Waals surface area contributed by atoms with Crippen molar-refractivity contribution in [1.29, 1.82) is 0 Å². The average molecular weight is 794 g/mol. The molecule has 8 rings (SSSR count). The lowest BCUT2D eigenvalue weighted by molar-refractivity contribution is -0.144. The predicted octanol–water partition coefficient (Wildman–Crippen LogP) is 5.17. The number of benzene rings is 1. The minimum atomic E-state index is -4.01. The van der Waals surface area contributed by atoms with Crippen LogP contribution in [0.1, 0.15) is 114 Å². The number of sulfonamides is 1. The SMILES string of the molecule is Cc1nc2ccc(F)cc2c2c1OC1(CC2)CC2C(=O)NC3(C(=O)NS(=O)(=O)C4(C)CC4)CCC3C=CCCCCCC(NC(=O)OC3CCCC3)C(=O)N2C1. The molecule has 4 amide bonds. The number of aromatic nitrogens is 1. The third-order valence-corrected chi connectivity index (χ3v) is 15.4. The Morgan fingerprint density at radius 3 is 2.54 bits per heavy atom. The highest BCUT2D eigenvalue weighted by Crippen LogP contribution is 2.47. The second-order valence-corrected chi connectivity index (χ2v) is 19.4. The molecule has 0 bridgehead atoms. The molecular formula is C41H52FN5O8S. The number of rotatable bonds is 5. The lowest BCUT2D eigenvalue weighted by Crippen LogP contribution is -2.70. The summed E-state index contributed by atoms with van der Waals surface area (Å²) < 4.78 is 54.9. The topological polar surface area (TPSA) is 173 Å². The summed E-state index contributed by atoms with van der Waals surface area (Å²) in [4.78, 5) is 63.1. The molecule has 3 N–H and O–H groups in total. The molecule has 302 valence electrons. The van der Waals surface area contributed by atoms with Crippen LogP contribution in [0.15, 0.2) is 30.4 Å². The monoisotopic (exact) mass is 793 g/mol. The number of carbonyl (C=O) groups excluding carboxylic acids is 4. The first-order chi connectivity index (χ1) is 26.7. The molecule has 3 aliphatic heterocycles. The quantitative estimate of drug-likeness (QED) is 0.346. The maximum Gasteiger partial charge on any atom is 0.408 e. The Morgan fingerprint density at radius 1 is 1.04 bits per heavy atom. The van der Waals surface area contributed by atoms with Crippen LogP contribution in [0, 0.1) is 18.7 Å². The molecular weight excluding hydrogens is 742 g/mol. The van der Waals surface area contributed by atoms with Gasteiger partial charge in [-0.25, -0.2) is 22.6 Å². The number of aryl methyl sites for hydroxylation is 2. The summed E-state index contributed by atoms with van der Waals surface area (Å²) in [5.74, 6) is -2.23. The fraction of sp³-hybridized carbons (Fsp3) is 0.634. The van der Waals surface area contributed by atoms with Gasteiger partial charge >= 0.3 is 6.09 Å². The number of pyridine rings is 1. The summed E-state index contributed by atoms with van der Waals surface area (Å²) >= 11 is 0. The first-order valence-corrected chi connectivity index (χ1v) is 21.8. The number of amides is 4. The standard InChI is InChI=1S/C41H52FN5O8S/c1-25-34-29(30-22-27(42)14-15-31(30)43-25)17-18-40(55-34)23-33-35(48)45-41(37(50)46-56(52,53)39(2)20-21-39)19-16-26(41)10-6-4-3-5-7-13-32(36(49)47(33)24-40)44-38(51)54-28-11-8-9-12-28/h6,10,14-15,22,26,28,32-33H,3-5,7-9,11-13,16-21,23-24H2,1-2H3,(H,44,51)(H,45,48)(H,46,50). The Labute approximate surface area is 326 Å². The molecule has 4 heterocycles. The van der Waals surface area contributed by atoms with Gasteiger partial charge in [0.2, 0.25) is 21.8 Å². The summed E-state index contributed by atoms with van der Waals surface area (Å²) in [6, 6.07) is 2.33. The average Bonchev–Trinajstić information content (AvgIpc) is 3.53. The Morgan fingerprint density at radius 2 is 1.80 bits per heavy atom. The lowest BCUT2D eigenvalue weighted by Gasteiger charge is -2.48. The third kappa shape index (κ3) is 7.13. The van der Waals surface area contributed by atoms with E-state index in [1.807, 2.05) is 19.1 Å². The smallest absolute Gasteiger partial charge is 0.408 e. The number of allylic oxidation sites excluding steroid dienone is 1. The predicted molar refractivity (Wildman–Crippen MR) is 204 cm³/mol. The summed E-state index contributed by atoms with van der Waals surface area (Å²) in [6.45, 7) is 3.42. The molecule has 5 atom stereocenters. The van der Waals surface area contributed by atoms with Gasteiger partial charge in [-0.15, -0.1) is 0 Å². The van der Waals surface area contributed by atoms with Crippen LogP contribution in [0.4, 0.5) is 9.18 Å². The molecule has 2 aromatic rings. The van der Waals surface area contributed by atoms with E-state index < -0.39 is 73.5 Å². The molecule has 15 heteroatoms. The number of halogens is 1. The van der Waals surface area contributed by atoms with Crippen LogP contribution in [0.5, 0.6) is 5.75 Å². The Balaban J connectivity index is 1.14. The Bertz CT molecular complexity index is 2080. The largest absolute Gasteiger partial charge is 0.483 e. The number of fused-ring (bicyclic) bond motifs is 5. The summed E-state index contributed by atoms with van der Waals surface area (Å²) in [6.07, 6.45) is 12.3. The van der Waals surface area contributed by atoms with Gasteiger partial charge in [-0.2, -0.15) is 0 Å². The zero-order valence-corrected chi connectivity index (χ0v) is 33.0. The van der Waals surface area contributed by atoms with E-state index in [1.165, 1.54) is 17.0 Å². The normalized spacial score (nSPS) is 30.5. The van der Waals surface area contributed by atoms with E-state index >= 15 is 0 Å². The Kier molecular flexibility index (Phi) is 10.1. The molecule has 4 fully saturated rings. The lowest BCUT2D eigenvalue weighted by atomic mass is 9.65. The molecule has 1 spiro atoms. The summed E-state index contributed by atoms with van der Waals surface area (Å²) in [5.41, 5.74) is -0.561. The van der Waals surface area contributed by atoms with Crippen LogP contribution in [-0.4, -0.2) is 82.7 Å². The van der Waals surface area contributed by atoms with E-state index in [2.05, 4.69) is 20.3 Å². The van der Waals surface area contributed by atoms with Crippen LogP contribution in [0.25, 0.3) is 10.9 Å². The van der Waals surface area contributed by atoms with Gasteiger partial charge in [0.15, 0.2) is 0 Å². The van der Waals surface area contributed by atoms with Crippen LogP contribution < -0.4 is 20.1 Å². The molecule has 1 saturated heterocycles. The van der Waals surface area contributed by atoms with Crippen molar-refractivity contribution in [3.8, 4) is 5.75 Å². The first-order valence-electron chi connectivity index (χ1n) is 20.3. The van der Waals surface area contributed by atoms with Crippen LogP contribution >= 0.6 is 0 Å². The minimum absolute atomic E-state index is 0.00903. The van der Waals surface area contributed by atoms with E-state index in [-0.39, 0.29) is 25.5 Å². The molecule has 13 nitrogen and oxygen atoms in total. The van der Waals surface area contributed by atoms with Gasteiger partial charge in [0.05, 0.1) is 22.5 Å². The van der Waals surface area contributed by atoms with E-state index in [1.54, 1.807) is 13.0 Å². The van der Waals surface area contributed by atoms with E-state index in [9.17, 15) is 32.0 Å². The van der Waals surface area contributed by atoms with Gasteiger partial charge in [0.1, 0.15) is 40.9 Å². The second-order valence-electron chi connectivity index (χ2n) is 17.2. The first kappa shape index (κ1) is 38.6. The van der Waals surface area contributed by atoms with Crippen molar-refractivity contribution in [3.05, 3.63) is 47.4 Å².